The van der Waals surface area contributed by atoms with Gasteiger partial charge in [-0.15, -0.1) is 0 Å². The van der Waals surface area contributed by atoms with Crippen molar-refractivity contribution in [3.8, 4) is 5.75 Å². The highest BCUT2D eigenvalue weighted by atomic mass is 79.9. The van der Waals surface area contributed by atoms with Gasteiger partial charge in [-0.05, 0) is 52.0 Å². The Hall–Kier alpha value is -2.34. The summed E-state index contributed by atoms with van der Waals surface area (Å²) in [6.07, 6.45) is 1.44. The Morgan fingerprint density at radius 1 is 1.11 bits per heavy atom. The second-order valence-electron chi connectivity index (χ2n) is 6.45. The van der Waals surface area contributed by atoms with E-state index in [2.05, 4.69) is 28.2 Å². The highest BCUT2D eigenvalue weighted by Gasteiger charge is 2.28. The van der Waals surface area contributed by atoms with Gasteiger partial charge in [0.05, 0.1) is 4.47 Å². The van der Waals surface area contributed by atoms with E-state index >= 15 is 0 Å². The average molecular weight is 447 g/mol. The maximum atomic E-state index is 13.0. The third kappa shape index (κ3) is 5.83. The predicted molar refractivity (Wildman–Crippen MR) is 114 cm³/mol. The summed E-state index contributed by atoms with van der Waals surface area (Å²) in [4.78, 5) is 26.9. The molecule has 2 aromatic rings. The highest BCUT2D eigenvalue weighted by Crippen LogP contribution is 2.26. The molecule has 0 aliphatic rings. The SMILES string of the molecule is CCc1ccc(OCC(=O)N(Cc2ccccc2)[C@H](CC)C(=O)NC)c(Br)c1. The van der Waals surface area contributed by atoms with E-state index in [1.807, 2.05) is 55.5 Å². The summed E-state index contributed by atoms with van der Waals surface area (Å²) >= 11 is 3.49. The topological polar surface area (TPSA) is 58.6 Å². The molecule has 2 aromatic carbocycles. The Morgan fingerprint density at radius 3 is 2.39 bits per heavy atom. The number of rotatable bonds is 9. The summed E-state index contributed by atoms with van der Waals surface area (Å²) in [7, 11) is 1.58. The van der Waals surface area contributed by atoms with Crippen molar-refractivity contribution in [2.45, 2.75) is 39.3 Å². The third-order valence-corrected chi connectivity index (χ3v) is 5.20. The van der Waals surface area contributed by atoms with Crippen molar-refractivity contribution in [3.05, 3.63) is 64.1 Å². The molecular weight excluding hydrogens is 420 g/mol. The molecule has 1 N–H and O–H groups in total. The summed E-state index contributed by atoms with van der Waals surface area (Å²) in [5.74, 6) is 0.198. The van der Waals surface area contributed by atoms with Crippen LogP contribution in [-0.2, 0) is 22.6 Å². The van der Waals surface area contributed by atoms with Gasteiger partial charge in [-0.3, -0.25) is 9.59 Å². The number of aryl methyl sites for hydroxylation is 1. The predicted octanol–water partition coefficient (Wildman–Crippen LogP) is 3.94. The Morgan fingerprint density at radius 2 is 1.82 bits per heavy atom. The fourth-order valence-corrected chi connectivity index (χ4v) is 3.51. The maximum Gasteiger partial charge on any atom is 0.261 e. The molecule has 0 aliphatic heterocycles. The molecule has 0 aromatic heterocycles. The lowest BCUT2D eigenvalue weighted by Gasteiger charge is -2.30. The number of ether oxygens (including phenoxy) is 1. The standard InChI is InChI=1S/C22H27BrN2O3/c1-4-16-11-12-20(18(23)13-16)28-15-21(26)25(19(5-2)22(27)24-3)14-17-9-7-6-8-10-17/h6-13,19H,4-5,14-15H2,1-3H3,(H,24,27)/t19-/m1/s1. The van der Waals surface area contributed by atoms with Crippen molar-refractivity contribution < 1.29 is 14.3 Å². The molecule has 5 nitrogen and oxygen atoms in total. The third-order valence-electron chi connectivity index (χ3n) is 4.58. The molecule has 28 heavy (non-hydrogen) atoms. The molecule has 2 amide bonds. The van der Waals surface area contributed by atoms with E-state index in [1.54, 1.807) is 11.9 Å². The van der Waals surface area contributed by atoms with Gasteiger partial charge in [0.2, 0.25) is 5.91 Å². The number of nitrogens with zero attached hydrogens (tertiary/aromatic N) is 1. The molecular formula is C22H27BrN2O3. The lowest BCUT2D eigenvalue weighted by Crippen LogP contribution is -2.49. The fourth-order valence-electron chi connectivity index (χ4n) is 2.97. The minimum Gasteiger partial charge on any atom is -0.483 e. The molecule has 1 atom stereocenters. The monoisotopic (exact) mass is 446 g/mol. The minimum atomic E-state index is -0.549. The maximum absolute atomic E-state index is 13.0. The number of hydrogen-bond acceptors (Lipinski definition) is 3. The van der Waals surface area contributed by atoms with Gasteiger partial charge in [0.1, 0.15) is 11.8 Å². The normalized spacial score (nSPS) is 11.6. The first-order valence-corrected chi connectivity index (χ1v) is 10.3. The van der Waals surface area contributed by atoms with Gasteiger partial charge >= 0.3 is 0 Å². The summed E-state index contributed by atoms with van der Waals surface area (Å²) < 4.78 is 6.57. The van der Waals surface area contributed by atoms with Gasteiger partial charge in [0.25, 0.3) is 5.91 Å². The van der Waals surface area contributed by atoms with E-state index in [9.17, 15) is 9.59 Å². The Labute approximate surface area is 175 Å². The van der Waals surface area contributed by atoms with Crippen LogP contribution < -0.4 is 10.1 Å². The van der Waals surface area contributed by atoms with Crippen molar-refractivity contribution in [1.82, 2.24) is 10.2 Å². The number of likely N-dealkylation sites (N-methyl/N-ethyl adjacent to an activating group) is 1. The summed E-state index contributed by atoms with van der Waals surface area (Å²) in [5, 5.41) is 2.65. The van der Waals surface area contributed by atoms with Crippen LogP contribution in [0.25, 0.3) is 0 Å². The Kier molecular flexibility index (Phi) is 8.51. The Balaban J connectivity index is 2.16. The summed E-state index contributed by atoms with van der Waals surface area (Å²) in [5.41, 5.74) is 2.15. The van der Waals surface area contributed by atoms with Crippen molar-refractivity contribution in [2.24, 2.45) is 0 Å². The molecule has 2 rings (SSSR count). The molecule has 6 heteroatoms. The number of carbonyl (C=O) groups excluding carboxylic acids is 2. The quantitative estimate of drug-likeness (QED) is 0.634. The number of hydrogen-bond donors (Lipinski definition) is 1. The van der Waals surface area contributed by atoms with E-state index in [0.717, 1.165) is 16.5 Å². The Bertz CT molecular complexity index is 796. The van der Waals surface area contributed by atoms with Gasteiger partial charge in [-0.1, -0.05) is 50.2 Å². The van der Waals surface area contributed by atoms with E-state index < -0.39 is 6.04 Å². The first-order chi connectivity index (χ1) is 13.5. The zero-order valence-electron chi connectivity index (χ0n) is 16.6. The van der Waals surface area contributed by atoms with Crippen molar-refractivity contribution >= 4 is 27.7 Å². The van der Waals surface area contributed by atoms with Crippen LogP contribution in [0.15, 0.2) is 53.0 Å². The zero-order chi connectivity index (χ0) is 20.5. The first-order valence-electron chi connectivity index (χ1n) is 9.46. The molecule has 0 unspecified atom stereocenters. The van der Waals surface area contributed by atoms with Crippen LogP contribution in [0.2, 0.25) is 0 Å². The minimum absolute atomic E-state index is 0.135. The number of nitrogens with one attached hydrogen (secondary N) is 1. The van der Waals surface area contributed by atoms with Gasteiger partial charge in [0, 0.05) is 13.6 Å². The van der Waals surface area contributed by atoms with Gasteiger partial charge in [0.15, 0.2) is 6.61 Å². The molecule has 0 saturated heterocycles. The van der Waals surface area contributed by atoms with Crippen LogP contribution >= 0.6 is 15.9 Å². The van der Waals surface area contributed by atoms with E-state index in [4.69, 9.17) is 4.74 Å². The average Bonchev–Trinajstić information content (AvgIpc) is 2.72. The molecule has 0 radical (unpaired) electrons. The fraction of sp³-hybridized carbons (Fsp3) is 0.364. The molecule has 0 spiro atoms. The zero-order valence-corrected chi connectivity index (χ0v) is 18.2. The van der Waals surface area contributed by atoms with E-state index in [-0.39, 0.29) is 18.4 Å². The lowest BCUT2D eigenvalue weighted by molar-refractivity contribution is -0.142. The van der Waals surface area contributed by atoms with Gasteiger partial charge in [-0.25, -0.2) is 0 Å². The number of halogens is 1. The lowest BCUT2D eigenvalue weighted by atomic mass is 10.1. The number of amides is 2. The summed E-state index contributed by atoms with van der Waals surface area (Å²) in [6, 6.07) is 14.9. The largest absolute Gasteiger partial charge is 0.483 e. The van der Waals surface area contributed by atoms with E-state index in [0.29, 0.717) is 18.7 Å². The molecule has 0 bridgehead atoms. The molecule has 0 saturated carbocycles. The van der Waals surface area contributed by atoms with Gasteiger partial charge in [-0.2, -0.15) is 0 Å². The smallest absolute Gasteiger partial charge is 0.261 e. The van der Waals surface area contributed by atoms with Crippen LogP contribution in [0.1, 0.15) is 31.4 Å². The first kappa shape index (κ1) is 22.0. The van der Waals surface area contributed by atoms with Gasteiger partial charge < -0.3 is 15.0 Å². The van der Waals surface area contributed by atoms with Crippen LogP contribution in [0.3, 0.4) is 0 Å². The van der Waals surface area contributed by atoms with Crippen LogP contribution in [-0.4, -0.2) is 36.4 Å². The summed E-state index contributed by atoms with van der Waals surface area (Å²) in [6.45, 7) is 4.19. The molecule has 0 aliphatic carbocycles. The van der Waals surface area contributed by atoms with E-state index in [1.165, 1.54) is 5.56 Å². The van der Waals surface area contributed by atoms with Crippen molar-refractivity contribution in [2.75, 3.05) is 13.7 Å². The highest BCUT2D eigenvalue weighted by molar-refractivity contribution is 9.10. The van der Waals surface area contributed by atoms with Crippen LogP contribution in [0.5, 0.6) is 5.75 Å². The van der Waals surface area contributed by atoms with Crippen LogP contribution in [0.4, 0.5) is 0 Å². The molecule has 0 fully saturated rings. The molecule has 150 valence electrons. The van der Waals surface area contributed by atoms with Crippen LogP contribution in [0, 0.1) is 0 Å². The van der Waals surface area contributed by atoms with Crippen molar-refractivity contribution in [1.29, 1.82) is 0 Å². The number of carbonyl (C=O) groups is 2. The number of benzene rings is 2. The molecule has 0 heterocycles. The second-order valence-corrected chi connectivity index (χ2v) is 7.31. The second kappa shape index (κ2) is 10.9. The van der Waals surface area contributed by atoms with Crippen molar-refractivity contribution in [3.63, 3.8) is 0 Å².